The number of allylic oxidation sites excluding steroid dienone is 1. The number of carboxylic acid groups (broad SMARTS) is 1. The molecule has 0 aromatic rings. The van der Waals surface area contributed by atoms with Crippen molar-refractivity contribution < 1.29 is 47.5 Å². The van der Waals surface area contributed by atoms with E-state index < -0.39 is 51.1 Å². The van der Waals surface area contributed by atoms with Crippen LogP contribution in [0.4, 0.5) is 0 Å². The van der Waals surface area contributed by atoms with E-state index >= 15 is 0 Å². The van der Waals surface area contributed by atoms with Crippen molar-refractivity contribution >= 4 is 25.7 Å². The summed E-state index contributed by atoms with van der Waals surface area (Å²) in [6, 6.07) is -1.52. The van der Waals surface area contributed by atoms with E-state index in [1.54, 1.807) is 0 Å². The quantitative estimate of drug-likeness (QED) is 0.0233. The van der Waals surface area contributed by atoms with Crippen molar-refractivity contribution in [2.75, 3.05) is 19.8 Å². The fraction of sp³-hybridized carbons (Fsp3) is 0.878. The van der Waals surface area contributed by atoms with E-state index in [1.165, 1.54) is 122 Å². The molecule has 0 heterocycles. The molecule has 4 N–H and O–H groups in total. The zero-order valence-electron chi connectivity index (χ0n) is 33.5. The van der Waals surface area contributed by atoms with Crippen LogP contribution in [0.25, 0.3) is 0 Å². The topological polar surface area (TPSA) is 172 Å². The van der Waals surface area contributed by atoms with E-state index in [9.17, 15) is 23.8 Å². The Morgan fingerprint density at radius 3 is 1.40 bits per heavy atom. The molecule has 11 nitrogen and oxygen atoms in total. The third-order valence-corrected chi connectivity index (χ3v) is 10.4. The molecule has 0 aromatic carbocycles. The van der Waals surface area contributed by atoms with Gasteiger partial charge in [0.15, 0.2) is 6.10 Å². The highest BCUT2D eigenvalue weighted by Gasteiger charge is 2.28. The van der Waals surface area contributed by atoms with E-state index in [2.05, 4.69) is 18.0 Å². The second-order valence-corrected chi connectivity index (χ2v) is 16.0. The first kappa shape index (κ1) is 51.2. The van der Waals surface area contributed by atoms with Gasteiger partial charge < -0.3 is 25.2 Å². The molecule has 1 unspecified atom stereocenters. The van der Waals surface area contributed by atoms with Gasteiger partial charge in [-0.3, -0.25) is 23.4 Å². The summed E-state index contributed by atoms with van der Waals surface area (Å²) in [6.07, 6.45) is 34.5. The third-order valence-electron chi connectivity index (χ3n) is 9.41. The molecule has 0 aliphatic rings. The van der Waals surface area contributed by atoms with Crippen LogP contribution < -0.4 is 5.73 Å². The Bertz CT molecular complexity index is 950. The molecule has 0 spiro atoms. The minimum Gasteiger partial charge on any atom is -0.480 e. The number of phosphoric ester groups is 1. The van der Waals surface area contributed by atoms with Crippen LogP contribution in [0.15, 0.2) is 12.7 Å². The summed E-state index contributed by atoms with van der Waals surface area (Å²) in [7, 11) is -4.71. The fourth-order valence-corrected chi connectivity index (χ4v) is 6.82. The van der Waals surface area contributed by atoms with Gasteiger partial charge in [-0.1, -0.05) is 167 Å². The summed E-state index contributed by atoms with van der Waals surface area (Å²) < 4.78 is 32.7. The number of nitrogens with two attached hydrogens (primary N) is 1. The highest BCUT2D eigenvalue weighted by atomic mass is 31.2. The van der Waals surface area contributed by atoms with Gasteiger partial charge in [-0.25, -0.2) is 4.57 Å². The molecule has 0 saturated heterocycles. The maximum Gasteiger partial charge on any atom is 0.472 e. The zero-order valence-corrected chi connectivity index (χ0v) is 34.4. The first-order valence-corrected chi connectivity index (χ1v) is 22.7. The molecule has 0 aliphatic carbocycles. The van der Waals surface area contributed by atoms with Gasteiger partial charge in [-0.05, 0) is 25.7 Å². The Morgan fingerprint density at radius 2 is 0.981 bits per heavy atom. The highest BCUT2D eigenvalue weighted by molar-refractivity contribution is 7.47. The molecule has 0 fully saturated rings. The van der Waals surface area contributed by atoms with Crippen molar-refractivity contribution in [1.29, 1.82) is 0 Å². The van der Waals surface area contributed by atoms with Crippen LogP contribution in [0.2, 0.25) is 0 Å². The van der Waals surface area contributed by atoms with E-state index in [0.29, 0.717) is 12.8 Å². The van der Waals surface area contributed by atoms with E-state index in [-0.39, 0.29) is 19.4 Å². The molecule has 12 heteroatoms. The van der Waals surface area contributed by atoms with Gasteiger partial charge in [0.2, 0.25) is 0 Å². The molecule has 0 amide bonds. The standard InChI is InChI=1S/C41H78NO10P/c1-3-5-7-9-11-13-15-17-19-21-22-24-26-28-30-32-39(43)49-34-37(35-50-53(47,48)51-36-38(42)41(45)46)52-40(44)33-31-29-27-25-23-20-18-16-14-12-10-8-6-4-2/h3,37-38H,1,4-36,42H2,2H3,(H,45,46)(H,47,48)/t37-,38+/m1/s1. The van der Waals surface area contributed by atoms with Crippen LogP contribution in [0.1, 0.15) is 200 Å². The molecule has 3 atom stereocenters. The molecule has 0 radical (unpaired) electrons. The fourth-order valence-electron chi connectivity index (χ4n) is 6.05. The number of esters is 2. The number of carbonyl (C=O) groups excluding carboxylic acids is 2. The van der Waals surface area contributed by atoms with Crippen LogP contribution in [0, 0.1) is 0 Å². The second-order valence-electron chi connectivity index (χ2n) is 14.6. The Kier molecular flexibility index (Phi) is 35.9. The SMILES string of the molecule is C=CCCCCCCCCCCCCCCCC(=O)OC[C@H](COP(=O)(O)OC[C@H](N)C(=O)O)OC(=O)CCCCCCCCCCCCCCCC. The average molecular weight is 776 g/mol. The van der Waals surface area contributed by atoms with Gasteiger partial charge in [0.1, 0.15) is 12.6 Å². The number of unbranched alkanes of at least 4 members (excludes halogenated alkanes) is 26. The van der Waals surface area contributed by atoms with Crippen molar-refractivity contribution in [3.63, 3.8) is 0 Å². The first-order chi connectivity index (χ1) is 25.6. The first-order valence-electron chi connectivity index (χ1n) is 21.2. The number of hydrogen-bond acceptors (Lipinski definition) is 9. The molecule has 0 aliphatic heterocycles. The van der Waals surface area contributed by atoms with Crippen molar-refractivity contribution in [3.8, 4) is 0 Å². The molecular formula is C41H78NO10P. The summed E-state index contributed by atoms with van der Waals surface area (Å²) in [4.78, 5) is 45.9. The van der Waals surface area contributed by atoms with Gasteiger partial charge in [0.25, 0.3) is 0 Å². The number of carboxylic acids is 1. The van der Waals surface area contributed by atoms with E-state index in [4.69, 9.17) is 24.8 Å². The number of phosphoric acid groups is 1. The van der Waals surface area contributed by atoms with E-state index in [0.717, 1.165) is 44.9 Å². The lowest BCUT2D eigenvalue weighted by Crippen LogP contribution is -2.34. The summed E-state index contributed by atoms with van der Waals surface area (Å²) in [5.41, 5.74) is 5.33. The minimum absolute atomic E-state index is 0.166. The van der Waals surface area contributed by atoms with E-state index in [1.807, 2.05) is 6.08 Å². The molecule has 0 bridgehead atoms. The Morgan fingerprint density at radius 1 is 0.604 bits per heavy atom. The number of ether oxygens (including phenoxy) is 2. The Hall–Kier alpha value is -1.78. The van der Waals surface area contributed by atoms with Gasteiger partial charge in [-0.2, -0.15) is 0 Å². The van der Waals surface area contributed by atoms with Gasteiger partial charge in [0.05, 0.1) is 13.2 Å². The van der Waals surface area contributed by atoms with Crippen molar-refractivity contribution in [3.05, 3.63) is 12.7 Å². The monoisotopic (exact) mass is 776 g/mol. The minimum atomic E-state index is -4.71. The van der Waals surface area contributed by atoms with Crippen LogP contribution in [0.3, 0.4) is 0 Å². The van der Waals surface area contributed by atoms with Gasteiger partial charge in [0, 0.05) is 12.8 Å². The van der Waals surface area contributed by atoms with Gasteiger partial charge >= 0.3 is 25.7 Å². The molecule has 312 valence electrons. The summed E-state index contributed by atoms with van der Waals surface area (Å²) in [5, 5.41) is 8.88. The van der Waals surface area contributed by atoms with Crippen molar-refractivity contribution in [2.24, 2.45) is 5.73 Å². The molecule has 0 rings (SSSR count). The largest absolute Gasteiger partial charge is 0.480 e. The number of rotatable bonds is 41. The second kappa shape index (κ2) is 37.2. The number of carbonyl (C=O) groups is 3. The molecule has 0 aromatic heterocycles. The lowest BCUT2D eigenvalue weighted by molar-refractivity contribution is -0.161. The smallest absolute Gasteiger partial charge is 0.472 e. The third kappa shape index (κ3) is 36.9. The predicted molar refractivity (Wildman–Crippen MR) is 213 cm³/mol. The maximum atomic E-state index is 12.6. The Labute approximate surface area is 322 Å². The molecule has 53 heavy (non-hydrogen) atoms. The average Bonchev–Trinajstić information content (AvgIpc) is 3.13. The van der Waals surface area contributed by atoms with Crippen LogP contribution in [-0.4, -0.2) is 59.9 Å². The summed E-state index contributed by atoms with van der Waals surface area (Å²) in [5.74, 6) is -2.37. The van der Waals surface area contributed by atoms with Crippen LogP contribution >= 0.6 is 7.82 Å². The Balaban J connectivity index is 4.33. The number of aliphatic carboxylic acids is 1. The number of hydrogen-bond donors (Lipinski definition) is 3. The summed E-state index contributed by atoms with van der Waals surface area (Å²) in [6.45, 7) is 4.33. The lowest BCUT2D eigenvalue weighted by Gasteiger charge is -2.20. The van der Waals surface area contributed by atoms with Crippen molar-refractivity contribution in [2.45, 2.75) is 212 Å². The van der Waals surface area contributed by atoms with Crippen molar-refractivity contribution in [1.82, 2.24) is 0 Å². The molecule has 0 saturated carbocycles. The zero-order chi connectivity index (χ0) is 39.3. The highest BCUT2D eigenvalue weighted by Crippen LogP contribution is 2.43. The van der Waals surface area contributed by atoms with Gasteiger partial charge in [-0.15, -0.1) is 6.58 Å². The summed E-state index contributed by atoms with van der Waals surface area (Å²) >= 11 is 0. The molecular weight excluding hydrogens is 697 g/mol. The normalized spacial score (nSPS) is 13.6. The lowest BCUT2D eigenvalue weighted by atomic mass is 10.0. The van der Waals surface area contributed by atoms with Crippen LogP contribution in [0.5, 0.6) is 0 Å². The maximum absolute atomic E-state index is 12.6. The van der Waals surface area contributed by atoms with Crippen LogP contribution in [-0.2, 0) is 37.5 Å². The predicted octanol–water partition coefficient (Wildman–Crippen LogP) is 10.9.